The van der Waals surface area contributed by atoms with Gasteiger partial charge in [0.15, 0.2) is 0 Å². The van der Waals surface area contributed by atoms with E-state index in [0.717, 1.165) is 16.7 Å². The molecule has 2 rings (SSSR count). The molecule has 6 nitrogen and oxygen atoms in total. The van der Waals surface area contributed by atoms with Crippen LogP contribution in [-0.4, -0.2) is 38.4 Å². The van der Waals surface area contributed by atoms with Crippen molar-refractivity contribution in [2.24, 2.45) is 7.05 Å². The van der Waals surface area contributed by atoms with Crippen LogP contribution >= 0.6 is 0 Å². The number of carboxylic acid groups (broad SMARTS) is 1. The summed E-state index contributed by atoms with van der Waals surface area (Å²) in [7, 11) is 1.93. The number of fused-ring (bicyclic) bond motifs is 1. The molecule has 0 bridgehead atoms. The van der Waals surface area contributed by atoms with E-state index in [4.69, 9.17) is 5.11 Å². The lowest BCUT2D eigenvalue weighted by molar-refractivity contribution is -0.137. The minimum absolute atomic E-state index is 0.0257. The van der Waals surface area contributed by atoms with Gasteiger partial charge in [0.2, 0.25) is 0 Å². The Morgan fingerprint density at radius 1 is 1.53 bits per heavy atom. The highest BCUT2D eigenvalue weighted by atomic mass is 16.4. The zero-order valence-electron chi connectivity index (χ0n) is 10.7. The fourth-order valence-corrected chi connectivity index (χ4v) is 1.87. The van der Waals surface area contributed by atoms with Crippen LogP contribution in [0.15, 0.2) is 24.5 Å². The SMILES string of the molecule is Cn1cnc2cc(NCC(O)CCC(=O)O)ccc21. The molecule has 1 aromatic carbocycles. The normalized spacial score (nSPS) is 12.5. The highest BCUT2D eigenvalue weighted by Crippen LogP contribution is 2.17. The van der Waals surface area contributed by atoms with Crippen LogP contribution in [0, 0.1) is 0 Å². The fourth-order valence-electron chi connectivity index (χ4n) is 1.87. The van der Waals surface area contributed by atoms with Crippen molar-refractivity contribution in [3.05, 3.63) is 24.5 Å². The summed E-state index contributed by atoms with van der Waals surface area (Å²) in [6.07, 6.45) is 1.29. The predicted molar refractivity (Wildman–Crippen MR) is 72.1 cm³/mol. The molecule has 0 fully saturated rings. The number of aliphatic hydroxyl groups excluding tert-OH is 1. The van der Waals surface area contributed by atoms with Crippen LogP contribution in [0.4, 0.5) is 5.69 Å². The van der Waals surface area contributed by atoms with Crippen LogP contribution in [-0.2, 0) is 11.8 Å². The standard InChI is InChI=1S/C13H17N3O3/c1-16-8-15-11-6-9(2-4-12(11)16)14-7-10(17)3-5-13(18)19/h2,4,6,8,10,14,17H,3,5,7H2,1H3,(H,18,19). The van der Waals surface area contributed by atoms with E-state index in [-0.39, 0.29) is 12.8 Å². The smallest absolute Gasteiger partial charge is 0.303 e. The number of rotatable bonds is 6. The van der Waals surface area contributed by atoms with E-state index in [0.29, 0.717) is 6.54 Å². The van der Waals surface area contributed by atoms with Gasteiger partial charge in [-0.1, -0.05) is 0 Å². The highest BCUT2D eigenvalue weighted by molar-refractivity contribution is 5.79. The Hall–Kier alpha value is -2.08. The minimum atomic E-state index is -0.894. The number of hydrogen-bond donors (Lipinski definition) is 3. The van der Waals surface area contributed by atoms with Gasteiger partial charge in [-0.05, 0) is 24.6 Å². The summed E-state index contributed by atoms with van der Waals surface area (Å²) in [5.41, 5.74) is 2.78. The Balaban J connectivity index is 1.92. The Morgan fingerprint density at radius 3 is 3.05 bits per heavy atom. The average molecular weight is 263 g/mol. The minimum Gasteiger partial charge on any atom is -0.481 e. The van der Waals surface area contributed by atoms with E-state index in [1.54, 1.807) is 6.33 Å². The topological polar surface area (TPSA) is 87.4 Å². The van der Waals surface area contributed by atoms with Crippen molar-refractivity contribution in [1.29, 1.82) is 0 Å². The van der Waals surface area contributed by atoms with Gasteiger partial charge >= 0.3 is 5.97 Å². The van der Waals surface area contributed by atoms with Crippen LogP contribution in [0.25, 0.3) is 11.0 Å². The molecule has 6 heteroatoms. The third-order valence-electron chi connectivity index (χ3n) is 2.96. The van der Waals surface area contributed by atoms with Crippen molar-refractivity contribution >= 4 is 22.7 Å². The summed E-state index contributed by atoms with van der Waals surface area (Å²) >= 11 is 0. The monoisotopic (exact) mass is 263 g/mol. The van der Waals surface area contributed by atoms with Gasteiger partial charge in [-0.25, -0.2) is 4.98 Å². The van der Waals surface area contributed by atoms with Crippen LogP contribution < -0.4 is 5.32 Å². The molecule has 0 saturated carbocycles. The average Bonchev–Trinajstić information content (AvgIpc) is 2.75. The number of nitrogens with one attached hydrogen (secondary N) is 1. The molecular formula is C13H17N3O3. The molecule has 102 valence electrons. The third kappa shape index (κ3) is 3.45. The number of aliphatic carboxylic acids is 1. The van der Waals surface area contributed by atoms with Crippen molar-refractivity contribution in [1.82, 2.24) is 9.55 Å². The summed E-state index contributed by atoms with van der Waals surface area (Å²) in [6, 6.07) is 5.77. The molecule has 1 heterocycles. The van der Waals surface area contributed by atoms with Gasteiger partial charge in [0.1, 0.15) is 0 Å². The van der Waals surface area contributed by atoms with E-state index in [1.807, 2.05) is 29.8 Å². The van der Waals surface area contributed by atoms with E-state index in [1.165, 1.54) is 0 Å². The molecule has 0 spiro atoms. The van der Waals surface area contributed by atoms with Crippen LogP contribution in [0.1, 0.15) is 12.8 Å². The molecule has 0 aliphatic rings. The summed E-state index contributed by atoms with van der Waals surface area (Å²) in [6.45, 7) is 0.325. The van der Waals surface area contributed by atoms with Crippen molar-refractivity contribution in [2.75, 3.05) is 11.9 Å². The zero-order chi connectivity index (χ0) is 13.8. The first kappa shape index (κ1) is 13.4. The molecule has 3 N–H and O–H groups in total. The lowest BCUT2D eigenvalue weighted by atomic mass is 10.2. The van der Waals surface area contributed by atoms with Crippen molar-refractivity contribution in [2.45, 2.75) is 18.9 Å². The van der Waals surface area contributed by atoms with E-state index in [2.05, 4.69) is 10.3 Å². The van der Waals surface area contributed by atoms with Gasteiger partial charge in [-0.3, -0.25) is 4.79 Å². The molecule has 1 aromatic heterocycles. The van der Waals surface area contributed by atoms with Gasteiger partial charge in [0.05, 0.1) is 23.5 Å². The number of carbonyl (C=O) groups is 1. The largest absolute Gasteiger partial charge is 0.481 e. The highest BCUT2D eigenvalue weighted by Gasteiger charge is 2.07. The molecule has 0 amide bonds. The molecule has 1 atom stereocenters. The quantitative estimate of drug-likeness (QED) is 0.729. The predicted octanol–water partition coefficient (Wildman–Crippen LogP) is 1.21. The molecule has 2 aromatic rings. The lowest BCUT2D eigenvalue weighted by Crippen LogP contribution is -2.20. The molecule has 0 aliphatic carbocycles. The van der Waals surface area contributed by atoms with Crippen LogP contribution in [0.5, 0.6) is 0 Å². The van der Waals surface area contributed by atoms with Crippen LogP contribution in [0.2, 0.25) is 0 Å². The van der Waals surface area contributed by atoms with Gasteiger partial charge in [-0.15, -0.1) is 0 Å². The summed E-state index contributed by atoms with van der Waals surface area (Å²) in [5.74, 6) is -0.894. The van der Waals surface area contributed by atoms with E-state index >= 15 is 0 Å². The van der Waals surface area contributed by atoms with Gasteiger partial charge < -0.3 is 20.1 Å². The molecule has 0 saturated heterocycles. The van der Waals surface area contributed by atoms with Crippen molar-refractivity contribution in [3.63, 3.8) is 0 Å². The number of anilines is 1. The number of aryl methyl sites for hydroxylation is 1. The summed E-state index contributed by atoms with van der Waals surface area (Å²) in [4.78, 5) is 14.6. The number of benzene rings is 1. The summed E-state index contributed by atoms with van der Waals surface area (Å²) in [5, 5.41) is 21.2. The Kier molecular flexibility index (Phi) is 4.01. The Bertz CT molecular complexity index is 580. The first-order chi connectivity index (χ1) is 9.06. The first-order valence-electron chi connectivity index (χ1n) is 6.11. The van der Waals surface area contributed by atoms with E-state index in [9.17, 15) is 9.90 Å². The second-order valence-corrected chi connectivity index (χ2v) is 4.53. The Labute approximate surface area is 110 Å². The number of hydrogen-bond acceptors (Lipinski definition) is 4. The summed E-state index contributed by atoms with van der Waals surface area (Å²) < 4.78 is 1.93. The van der Waals surface area contributed by atoms with Gasteiger partial charge in [-0.2, -0.15) is 0 Å². The number of aliphatic hydroxyl groups is 1. The molecule has 19 heavy (non-hydrogen) atoms. The molecule has 0 radical (unpaired) electrons. The van der Waals surface area contributed by atoms with Crippen molar-refractivity contribution in [3.8, 4) is 0 Å². The second-order valence-electron chi connectivity index (χ2n) is 4.53. The van der Waals surface area contributed by atoms with E-state index < -0.39 is 12.1 Å². The van der Waals surface area contributed by atoms with Crippen LogP contribution in [0.3, 0.4) is 0 Å². The second kappa shape index (κ2) is 5.71. The Morgan fingerprint density at radius 2 is 2.32 bits per heavy atom. The number of aromatic nitrogens is 2. The fraction of sp³-hybridized carbons (Fsp3) is 0.385. The molecule has 1 unspecified atom stereocenters. The molecular weight excluding hydrogens is 246 g/mol. The van der Waals surface area contributed by atoms with Gasteiger partial charge in [0, 0.05) is 25.7 Å². The number of nitrogens with zero attached hydrogens (tertiary/aromatic N) is 2. The van der Waals surface area contributed by atoms with Gasteiger partial charge in [0.25, 0.3) is 0 Å². The maximum atomic E-state index is 10.4. The number of imidazole rings is 1. The maximum Gasteiger partial charge on any atom is 0.303 e. The number of carboxylic acids is 1. The zero-order valence-corrected chi connectivity index (χ0v) is 10.7. The lowest BCUT2D eigenvalue weighted by Gasteiger charge is -2.11. The maximum absolute atomic E-state index is 10.4. The first-order valence-corrected chi connectivity index (χ1v) is 6.11. The third-order valence-corrected chi connectivity index (χ3v) is 2.96. The molecule has 0 aliphatic heterocycles. The van der Waals surface area contributed by atoms with Crippen molar-refractivity contribution < 1.29 is 15.0 Å².